The molecule has 0 aliphatic rings. The van der Waals surface area contributed by atoms with Crippen LogP contribution in [0.1, 0.15) is 60.3 Å². The fourth-order valence-corrected chi connectivity index (χ4v) is 1.67. The minimum absolute atomic E-state index is 0.0525. The van der Waals surface area contributed by atoms with E-state index in [1.165, 1.54) is 0 Å². The summed E-state index contributed by atoms with van der Waals surface area (Å²) in [7, 11) is 0. The quantitative estimate of drug-likeness (QED) is 0.747. The van der Waals surface area contributed by atoms with Crippen molar-refractivity contribution in [3.05, 3.63) is 0 Å². The average molecular weight is 273 g/mol. The molecule has 0 radical (unpaired) electrons. The van der Waals surface area contributed by atoms with Crippen molar-refractivity contribution in [1.29, 1.82) is 0 Å². The highest BCUT2D eigenvalue weighted by molar-refractivity contribution is 5.69. The van der Waals surface area contributed by atoms with Gasteiger partial charge >= 0.3 is 12.1 Å². The summed E-state index contributed by atoms with van der Waals surface area (Å²) in [6, 6.07) is -0.152. The number of hydrogen-bond acceptors (Lipinski definition) is 3. The van der Waals surface area contributed by atoms with Gasteiger partial charge in [0.25, 0.3) is 0 Å². The lowest BCUT2D eigenvalue weighted by Gasteiger charge is -2.24. The fourth-order valence-electron chi connectivity index (χ4n) is 1.67. The standard InChI is InChI=1S/C14H27NO4/c1-6-10(2)9-11(7-8-12(16)17)15-13(18)19-14(3,4)5/h10-11H,6-9H2,1-5H3,(H,15,18)(H,16,17). The summed E-state index contributed by atoms with van der Waals surface area (Å²) in [4.78, 5) is 22.3. The molecule has 0 aromatic heterocycles. The van der Waals surface area contributed by atoms with Gasteiger partial charge in [-0.05, 0) is 39.5 Å². The predicted octanol–water partition coefficient (Wildman–Crippen LogP) is 3.18. The Morgan fingerprint density at radius 3 is 2.32 bits per heavy atom. The Hall–Kier alpha value is -1.26. The summed E-state index contributed by atoms with van der Waals surface area (Å²) < 4.78 is 5.19. The van der Waals surface area contributed by atoms with Crippen LogP contribution in [0.25, 0.3) is 0 Å². The van der Waals surface area contributed by atoms with Crippen molar-refractivity contribution in [1.82, 2.24) is 5.32 Å². The van der Waals surface area contributed by atoms with E-state index in [-0.39, 0.29) is 12.5 Å². The van der Waals surface area contributed by atoms with Gasteiger partial charge in [0.2, 0.25) is 0 Å². The molecular formula is C14H27NO4. The molecule has 0 heterocycles. The second-order valence-electron chi connectivity index (χ2n) is 6.02. The molecule has 5 heteroatoms. The van der Waals surface area contributed by atoms with Crippen LogP contribution in [-0.4, -0.2) is 28.8 Å². The van der Waals surface area contributed by atoms with Crippen LogP contribution in [-0.2, 0) is 9.53 Å². The molecule has 0 fully saturated rings. The first-order valence-corrected chi connectivity index (χ1v) is 6.85. The van der Waals surface area contributed by atoms with Gasteiger partial charge in [0, 0.05) is 12.5 Å². The van der Waals surface area contributed by atoms with Crippen molar-refractivity contribution in [2.45, 2.75) is 71.9 Å². The van der Waals surface area contributed by atoms with Crippen molar-refractivity contribution in [3.63, 3.8) is 0 Å². The molecule has 112 valence electrons. The van der Waals surface area contributed by atoms with Crippen LogP contribution in [0.4, 0.5) is 4.79 Å². The van der Waals surface area contributed by atoms with E-state index in [1.54, 1.807) is 20.8 Å². The van der Waals surface area contributed by atoms with E-state index in [0.717, 1.165) is 12.8 Å². The molecule has 0 aromatic rings. The monoisotopic (exact) mass is 273 g/mol. The molecule has 0 saturated carbocycles. The number of hydrogen-bond donors (Lipinski definition) is 2. The number of amides is 1. The largest absolute Gasteiger partial charge is 0.481 e. The second kappa shape index (κ2) is 8.02. The summed E-state index contributed by atoms with van der Waals surface area (Å²) in [6.07, 6.45) is 1.77. The number of carboxylic acid groups (broad SMARTS) is 1. The molecule has 0 aliphatic heterocycles. The number of carbonyl (C=O) groups excluding carboxylic acids is 1. The maximum Gasteiger partial charge on any atom is 0.407 e. The highest BCUT2D eigenvalue weighted by Gasteiger charge is 2.21. The molecular weight excluding hydrogens is 246 g/mol. The molecule has 0 aliphatic carbocycles. The molecule has 0 saturated heterocycles. The zero-order valence-corrected chi connectivity index (χ0v) is 12.7. The average Bonchev–Trinajstić information content (AvgIpc) is 2.22. The van der Waals surface area contributed by atoms with Gasteiger partial charge < -0.3 is 15.2 Å². The van der Waals surface area contributed by atoms with E-state index in [0.29, 0.717) is 12.3 Å². The van der Waals surface area contributed by atoms with Crippen LogP contribution in [0.15, 0.2) is 0 Å². The second-order valence-corrected chi connectivity index (χ2v) is 6.02. The smallest absolute Gasteiger partial charge is 0.407 e. The van der Waals surface area contributed by atoms with Crippen LogP contribution in [0.3, 0.4) is 0 Å². The third-order valence-corrected chi connectivity index (χ3v) is 2.81. The fraction of sp³-hybridized carbons (Fsp3) is 0.857. The maximum atomic E-state index is 11.7. The molecule has 2 atom stereocenters. The SMILES string of the molecule is CCC(C)CC(CCC(=O)O)NC(=O)OC(C)(C)C. The van der Waals surface area contributed by atoms with Gasteiger partial charge in [0.1, 0.15) is 5.60 Å². The zero-order valence-electron chi connectivity index (χ0n) is 12.7. The molecule has 19 heavy (non-hydrogen) atoms. The molecule has 1 amide bonds. The lowest BCUT2D eigenvalue weighted by molar-refractivity contribution is -0.137. The van der Waals surface area contributed by atoms with Crippen LogP contribution in [0.5, 0.6) is 0 Å². The highest BCUT2D eigenvalue weighted by atomic mass is 16.6. The summed E-state index contributed by atoms with van der Waals surface area (Å²) in [5.74, 6) is -0.408. The molecule has 5 nitrogen and oxygen atoms in total. The number of aliphatic carboxylic acids is 1. The zero-order chi connectivity index (χ0) is 15.1. The van der Waals surface area contributed by atoms with Crippen LogP contribution < -0.4 is 5.32 Å². The van der Waals surface area contributed by atoms with Crippen LogP contribution >= 0.6 is 0 Å². The van der Waals surface area contributed by atoms with Crippen LogP contribution in [0, 0.1) is 5.92 Å². The van der Waals surface area contributed by atoms with Gasteiger partial charge in [0.05, 0.1) is 0 Å². The van der Waals surface area contributed by atoms with Gasteiger partial charge in [-0.15, -0.1) is 0 Å². The Balaban J connectivity index is 4.39. The summed E-state index contributed by atoms with van der Waals surface area (Å²) >= 11 is 0. The first-order chi connectivity index (χ1) is 8.64. The van der Waals surface area contributed by atoms with Gasteiger partial charge in [-0.2, -0.15) is 0 Å². The van der Waals surface area contributed by atoms with Gasteiger partial charge in [-0.1, -0.05) is 20.3 Å². The van der Waals surface area contributed by atoms with Gasteiger partial charge in [0.15, 0.2) is 0 Å². The first-order valence-electron chi connectivity index (χ1n) is 6.85. The molecule has 0 aromatic carbocycles. The highest BCUT2D eigenvalue weighted by Crippen LogP contribution is 2.15. The Bertz CT molecular complexity index is 296. The van der Waals surface area contributed by atoms with E-state index >= 15 is 0 Å². The van der Waals surface area contributed by atoms with E-state index < -0.39 is 17.7 Å². The third-order valence-electron chi connectivity index (χ3n) is 2.81. The minimum Gasteiger partial charge on any atom is -0.481 e. The predicted molar refractivity (Wildman–Crippen MR) is 74.1 cm³/mol. The van der Waals surface area contributed by atoms with E-state index in [1.807, 2.05) is 0 Å². The number of rotatable bonds is 7. The number of alkyl carbamates (subject to hydrolysis) is 1. The number of carbonyl (C=O) groups is 2. The summed E-state index contributed by atoms with van der Waals surface area (Å²) in [5.41, 5.74) is -0.544. The van der Waals surface area contributed by atoms with Crippen molar-refractivity contribution in [2.75, 3.05) is 0 Å². The van der Waals surface area contributed by atoms with Crippen molar-refractivity contribution in [2.24, 2.45) is 5.92 Å². The van der Waals surface area contributed by atoms with E-state index in [2.05, 4.69) is 19.2 Å². The Morgan fingerprint density at radius 2 is 1.89 bits per heavy atom. The van der Waals surface area contributed by atoms with Gasteiger partial charge in [-0.3, -0.25) is 4.79 Å². The molecule has 0 spiro atoms. The maximum absolute atomic E-state index is 11.7. The van der Waals surface area contributed by atoms with Crippen LogP contribution in [0.2, 0.25) is 0 Å². The topological polar surface area (TPSA) is 75.6 Å². The first kappa shape index (κ1) is 17.7. The number of ether oxygens (including phenoxy) is 1. The Kier molecular flexibility index (Phi) is 7.49. The van der Waals surface area contributed by atoms with Gasteiger partial charge in [-0.25, -0.2) is 4.79 Å². The number of carboxylic acids is 1. The van der Waals surface area contributed by atoms with Crippen molar-refractivity contribution >= 4 is 12.1 Å². The van der Waals surface area contributed by atoms with Crippen molar-refractivity contribution in [3.8, 4) is 0 Å². The molecule has 2 N–H and O–H groups in total. The molecule has 0 rings (SSSR count). The Morgan fingerprint density at radius 1 is 1.32 bits per heavy atom. The number of nitrogens with one attached hydrogen (secondary N) is 1. The Labute approximate surface area is 115 Å². The minimum atomic E-state index is -0.847. The van der Waals surface area contributed by atoms with E-state index in [9.17, 15) is 9.59 Å². The summed E-state index contributed by atoms with van der Waals surface area (Å²) in [5, 5.41) is 11.5. The van der Waals surface area contributed by atoms with Crippen molar-refractivity contribution < 1.29 is 19.4 Å². The van der Waals surface area contributed by atoms with E-state index in [4.69, 9.17) is 9.84 Å². The molecule has 2 unspecified atom stereocenters. The third kappa shape index (κ3) is 10.4. The lowest BCUT2D eigenvalue weighted by atomic mass is 9.96. The summed E-state index contributed by atoms with van der Waals surface area (Å²) in [6.45, 7) is 9.56. The lowest BCUT2D eigenvalue weighted by Crippen LogP contribution is -2.40. The normalized spacial score (nSPS) is 14.6. The molecule has 0 bridgehead atoms.